The maximum Gasteiger partial charge on any atom is 0.296 e. The van der Waals surface area contributed by atoms with E-state index in [0.29, 0.717) is 35.2 Å². The Hall–Kier alpha value is -3.74. The van der Waals surface area contributed by atoms with E-state index in [0.717, 1.165) is 6.42 Å². The smallest absolute Gasteiger partial charge is 0.296 e. The van der Waals surface area contributed by atoms with Crippen molar-refractivity contribution in [2.24, 2.45) is 0 Å². The minimum absolute atomic E-state index is 0.0202. The summed E-state index contributed by atoms with van der Waals surface area (Å²) in [7, 11) is 0. The molecule has 1 amide bonds. The molecule has 1 fully saturated rings. The van der Waals surface area contributed by atoms with Crippen LogP contribution in [0, 0.1) is 6.92 Å². The van der Waals surface area contributed by atoms with Crippen LogP contribution in [-0.4, -0.2) is 28.3 Å². The number of amides is 1. The fourth-order valence-electron chi connectivity index (χ4n) is 3.59. The summed E-state index contributed by atoms with van der Waals surface area (Å²) >= 11 is 0. The lowest BCUT2D eigenvalue weighted by Gasteiger charge is -2.22. The highest BCUT2D eigenvalue weighted by atomic mass is 16.5. The van der Waals surface area contributed by atoms with Gasteiger partial charge in [-0.05, 0) is 61.9 Å². The first-order valence-corrected chi connectivity index (χ1v) is 10.1. The molecule has 1 aliphatic rings. The third kappa shape index (κ3) is 3.99. The fraction of sp³-hybridized carbons (Fsp3) is 0.250. The lowest BCUT2D eigenvalue weighted by molar-refractivity contribution is -0.140. The zero-order valence-corrected chi connectivity index (χ0v) is 17.3. The van der Waals surface area contributed by atoms with Crippen LogP contribution in [0.1, 0.15) is 42.2 Å². The number of nitrogens with zero attached hydrogens (tertiary/aromatic N) is 1. The lowest BCUT2D eigenvalue weighted by atomic mass is 9.99. The average molecular weight is 421 g/mol. The van der Waals surface area contributed by atoms with Gasteiger partial charge < -0.3 is 23.6 Å². The van der Waals surface area contributed by atoms with Gasteiger partial charge in [0.2, 0.25) is 0 Å². The number of carbonyl (C=O) groups is 2. The number of aryl methyl sites for hydroxylation is 1. The Balaban J connectivity index is 1.76. The van der Waals surface area contributed by atoms with Gasteiger partial charge in [-0.15, -0.1) is 0 Å². The third-order valence-corrected chi connectivity index (χ3v) is 5.08. The molecule has 0 aliphatic carbocycles. The zero-order valence-electron chi connectivity index (χ0n) is 17.3. The lowest BCUT2D eigenvalue weighted by Crippen LogP contribution is -2.28. The van der Waals surface area contributed by atoms with Gasteiger partial charge in [0.1, 0.15) is 34.8 Å². The molecule has 3 aromatic rings. The summed E-state index contributed by atoms with van der Waals surface area (Å²) in [6.07, 6.45) is 2.38. The Morgan fingerprint density at radius 2 is 1.90 bits per heavy atom. The van der Waals surface area contributed by atoms with Crippen molar-refractivity contribution in [3.05, 3.63) is 83.2 Å². The number of likely N-dealkylation sites (tertiary alicyclic amines) is 1. The first-order valence-electron chi connectivity index (χ1n) is 10.1. The molecule has 1 unspecified atom stereocenters. The summed E-state index contributed by atoms with van der Waals surface area (Å²) in [6, 6.07) is 12.8. The van der Waals surface area contributed by atoms with Gasteiger partial charge in [-0.2, -0.15) is 0 Å². The second kappa shape index (κ2) is 8.55. The topological polar surface area (TPSA) is 93.1 Å². The van der Waals surface area contributed by atoms with E-state index in [9.17, 15) is 14.7 Å². The molecule has 4 rings (SSSR count). The Morgan fingerprint density at radius 3 is 2.52 bits per heavy atom. The standard InChI is InChI=1S/C24H23NO6/c1-3-12-29-17-9-7-16(8-10-17)22(26)20-21(19-11-6-15(2)31-19)25(24(28)23(20)27)14-18-5-4-13-30-18/h4-11,13,21,26H,3,12,14H2,1-2H3/b22-20-. The van der Waals surface area contributed by atoms with Gasteiger partial charge in [0.15, 0.2) is 0 Å². The van der Waals surface area contributed by atoms with Gasteiger partial charge in [-0.1, -0.05) is 6.92 Å². The number of Topliss-reactive ketones (excluding diaryl/α,β-unsaturated/α-hetero) is 1. The summed E-state index contributed by atoms with van der Waals surface area (Å²) in [4.78, 5) is 27.2. The molecule has 2 aromatic heterocycles. The number of aliphatic hydroxyl groups excluding tert-OH is 1. The van der Waals surface area contributed by atoms with E-state index >= 15 is 0 Å². The molecular weight excluding hydrogens is 398 g/mol. The Labute approximate surface area is 179 Å². The van der Waals surface area contributed by atoms with Crippen molar-refractivity contribution < 1.29 is 28.3 Å². The summed E-state index contributed by atoms with van der Waals surface area (Å²) in [5.74, 6) is 0.460. The molecule has 1 aliphatic heterocycles. The molecule has 31 heavy (non-hydrogen) atoms. The van der Waals surface area contributed by atoms with Gasteiger partial charge in [0, 0.05) is 5.56 Å². The van der Waals surface area contributed by atoms with E-state index < -0.39 is 17.7 Å². The summed E-state index contributed by atoms with van der Waals surface area (Å²) in [5.41, 5.74) is 0.390. The van der Waals surface area contributed by atoms with Crippen LogP contribution < -0.4 is 4.74 Å². The van der Waals surface area contributed by atoms with Crippen molar-refractivity contribution in [3.8, 4) is 5.75 Å². The van der Waals surface area contributed by atoms with Crippen molar-refractivity contribution in [2.45, 2.75) is 32.9 Å². The number of hydrogen-bond acceptors (Lipinski definition) is 6. The average Bonchev–Trinajstić information content (AvgIpc) is 3.49. The number of ketones is 1. The van der Waals surface area contributed by atoms with Gasteiger partial charge in [0.25, 0.3) is 11.7 Å². The molecule has 1 atom stereocenters. The molecule has 1 aromatic carbocycles. The minimum atomic E-state index is -0.866. The maximum atomic E-state index is 13.0. The highest BCUT2D eigenvalue weighted by Crippen LogP contribution is 2.41. The number of furan rings is 2. The fourth-order valence-corrected chi connectivity index (χ4v) is 3.59. The number of ether oxygens (including phenoxy) is 1. The molecule has 7 nitrogen and oxygen atoms in total. The molecule has 0 bridgehead atoms. The second-order valence-corrected chi connectivity index (χ2v) is 7.33. The molecular formula is C24H23NO6. The molecule has 160 valence electrons. The summed E-state index contributed by atoms with van der Waals surface area (Å²) in [5, 5.41) is 11.0. The Bertz CT molecular complexity index is 1110. The van der Waals surface area contributed by atoms with E-state index in [1.54, 1.807) is 55.5 Å². The van der Waals surface area contributed by atoms with E-state index in [4.69, 9.17) is 13.6 Å². The van der Waals surface area contributed by atoms with E-state index in [-0.39, 0.29) is 17.9 Å². The zero-order chi connectivity index (χ0) is 22.0. The molecule has 0 saturated carbocycles. The number of benzene rings is 1. The Morgan fingerprint density at radius 1 is 1.13 bits per heavy atom. The summed E-state index contributed by atoms with van der Waals surface area (Å²) in [6.45, 7) is 4.44. The number of aliphatic hydroxyl groups is 1. The first-order chi connectivity index (χ1) is 15.0. The maximum absolute atomic E-state index is 13.0. The van der Waals surface area contributed by atoms with Gasteiger partial charge >= 0.3 is 0 Å². The van der Waals surface area contributed by atoms with Crippen LogP contribution in [0.25, 0.3) is 5.76 Å². The van der Waals surface area contributed by atoms with Crippen LogP contribution >= 0.6 is 0 Å². The Kier molecular flexibility index (Phi) is 5.66. The van der Waals surface area contributed by atoms with Crippen LogP contribution in [0.2, 0.25) is 0 Å². The second-order valence-electron chi connectivity index (χ2n) is 7.33. The van der Waals surface area contributed by atoms with Gasteiger partial charge in [-0.25, -0.2) is 0 Å². The quantitative estimate of drug-likeness (QED) is 0.341. The highest BCUT2D eigenvalue weighted by molar-refractivity contribution is 6.46. The van der Waals surface area contributed by atoms with Crippen molar-refractivity contribution in [2.75, 3.05) is 6.61 Å². The molecule has 7 heteroatoms. The highest BCUT2D eigenvalue weighted by Gasteiger charge is 2.47. The van der Waals surface area contributed by atoms with Crippen LogP contribution in [-0.2, 0) is 16.1 Å². The predicted octanol–water partition coefficient (Wildman–Crippen LogP) is 4.59. The van der Waals surface area contributed by atoms with Gasteiger partial charge in [-0.3, -0.25) is 9.59 Å². The number of hydrogen-bond donors (Lipinski definition) is 1. The predicted molar refractivity (Wildman–Crippen MR) is 112 cm³/mol. The molecule has 3 heterocycles. The van der Waals surface area contributed by atoms with Crippen molar-refractivity contribution in [1.82, 2.24) is 4.90 Å². The molecule has 0 radical (unpaired) electrons. The van der Waals surface area contributed by atoms with E-state index in [1.807, 2.05) is 6.92 Å². The van der Waals surface area contributed by atoms with Gasteiger partial charge in [0.05, 0.1) is 25.0 Å². The summed E-state index contributed by atoms with van der Waals surface area (Å²) < 4.78 is 16.7. The third-order valence-electron chi connectivity index (χ3n) is 5.08. The van der Waals surface area contributed by atoms with Crippen molar-refractivity contribution >= 4 is 17.4 Å². The van der Waals surface area contributed by atoms with Crippen LogP contribution in [0.3, 0.4) is 0 Å². The molecule has 1 N–H and O–H groups in total. The monoisotopic (exact) mass is 421 g/mol. The largest absolute Gasteiger partial charge is 0.507 e. The molecule has 1 saturated heterocycles. The van der Waals surface area contributed by atoms with Crippen molar-refractivity contribution in [3.63, 3.8) is 0 Å². The van der Waals surface area contributed by atoms with Crippen LogP contribution in [0.5, 0.6) is 5.75 Å². The van der Waals surface area contributed by atoms with E-state index in [2.05, 4.69) is 0 Å². The first kappa shape index (κ1) is 20.5. The SMILES string of the molecule is CCCOc1ccc(/C(O)=C2/C(=O)C(=O)N(Cc3ccco3)C2c2ccc(C)o2)cc1. The van der Waals surface area contributed by atoms with Crippen LogP contribution in [0.4, 0.5) is 0 Å². The number of rotatable bonds is 7. The normalized spacial score (nSPS) is 18.0. The van der Waals surface area contributed by atoms with Crippen molar-refractivity contribution in [1.29, 1.82) is 0 Å². The number of carbonyl (C=O) groups excluding carboxylic acids is 2. The van der Waals surface area contributed by atoms with Crippen LogP contribution in [0.15, 0.2) is 69.2 Å². The molecule has 0 spiro atoms. The minimum Gasteiger partial charge on any atom is -0.507 e. The van der Waals surface area contributed by atoms with E-state index in [1.165, 1.54) is 11.2 Å².